The van der Waals surface area contributed by atoms with Gasteiger partial charge < -0.3 is 5.32 Å². The van der Waals surface area contributed by atoms with Crippen molar-refractivity contribution < 1.29 is 0 Å². The van der Waals surface area contributed by atoms with Crippen LogP contribution >= 0.6 is 0 Å². The molecule has 0 atom stereocenters. The maximum absolute atomic E-state index is 3.68. The molecule has 0 aromatic rings. The van der Waals surface area contributed by atoms with E-state index in [1.165, 1.54) is 5.57 Å². The Kier molecular flexibility index (Phi) is 7.71. The summed E-state index contributed by atoms with van der Waals surface area (Å²) in [5, 5.41) is 3.29. The summed E-state index contributed by atoms with van der Waals surface area (Å²) in [6.45, 7) is 9.91. The zero-order chi connectivity index (χ0) is 9.23. The summed E-state index contributed by atoms with van der Waals surface area (Å²) in [4.78, 5) is 0. The molecule has 0 aliphatic rings. The van der Waals surface area contributed by atoms with Gasteiger partial charge in [-0.05, 0) is 32.0 Å². The minimum atomic E-state index is 1.04. The second-order valence-electron chi connectivity index (χ2n) is 2.58. The van der Waals surface area contributed by atoms with E-state index in [1.54, 1.807) is 0 Å². The van der Waals surface area contributed by atoms with Gasteiger partial charge in [-0.1, -0.05) is 37.8 Å². The quantitative estimate of drug-likeness (QED) is 0.471. The summed E-state index contributed by atoms with van der Waals surface area (Å²) in [6, 6.07) is 0. The first-order chi connectivity index (χ1) is 5.85. The van der Waals surface area contributed by atoms with Crippen LogP contribution in [-0.2, 0) is 0 Å². The average Bonchev–Trinajstić information content (AvgIpc) is 2.06. The lowest BCUT2D eigenvalue weighted by Gasteiger charge is -2.01. The van der Waals surface area contributed by atoms with E-state index in [2.05, 4.69) is 37.0 Å². The number of hydrogen-bond acceptors (Lipinski definition) is 1. The van der Waals surface area contributed by atoms with Gasteiger partial charge in [0.2, 0.25) is 0 Å². The van der Waals surface area contributed by atoms with Crippen LogP contribution in [0.3, 0.4) is 0 Å². The number of allylic oxidation sites excluding steroid dienone is 4. The van der Waals surface area contributed by atoms with Crippen molar-refractivity contribution in [1.29, 1.82) is 0 Å². The fourth-order valence-electron chi connectivity index (χ4n) is 0.997. The third-order valence-electron chi connectivity index (χ3n) is 1.55. The molecule has 0 heterocycles. The maximum atomic E-state index is 3.68. The van der Waals surface area contributed by atoms with Crippen molar-refractivity contribution in [1.82, 2.24) is 5.32 Å². The van der Waals surface area contributed by atoms with Gasteiger partial charge in [-0.3, -0.25) is 0 Å². The van der Waals surface area contributed by atoms with Crippen molar-refractivity contribution in [3.8, 4) is 0 Å². The van der Waals surface area contributed by atoms with Crippen molar-refractivity contribution in [3.05, 3.63) is 36.5 Å². The van der Waals surface area contributed by atoms with Gasteiger partial charge in [-0.2, -0.15) is 0 Å². The van der Waals surface area contributed by atoms with E-state index in [0.717, 1.165) is 19.5 Å². The van der Waals surface area contributed by atoms with E-state index in [0.29, 0.717) is 0 Å². The van der Waals surface area contributed by atoms with Crippen molar-refractivity contribution in [3.63, 3.8) is 0 Å². The Morgan fingerprint density at radius 2 is 2.25 bits per heavy atom. The molecule has 0 unspecified atom stereocenters. The van der Waals surface area contributed by atoms with E-state index >= 15 is 0 Å². The van der Waals surface area contributed by atoms with Crippen LogP contribution in [-0.4, -0.2) is 13.1 Å². The van der Waals surface area contributed by atoms with Gasteiger partial charge in [0.15, 0.2) is 0 Å². The van der Waals surface area contributed by atoms with E-state index in [9.17, 15) is 0 Å². The van der Waals surface area contributed by atoms with Crippen molar-refractivity contribution in [2.24, 2.45) is 0 Å². The van der Waals surface area contributed by atoms with Gasteiger partial charge in [0.25, 0.3) is 0 Å². The number of hydrogen-bond donors (Lipinski definition) is 1. The summed E-state index contributed by atoms with van der Waals surface area (Å²) >= 11 is 0. The molecule has 1 N–H and O–H groups in total. The average molecular weight is 165 g/mol. The Labute approximate surface area is 75.9 Å². The van der Waals surface area contributed by atoms with Gasteiger partial charge in [0.1, 0.15) is 0 Å². The fraction of sp³-hybridized carbons (Fsp3) is 0.455. The first-order valence-corrected chi connectivity index (χ1v) is 4.50. The zero-order valence-electron chi connectivity index (χ0n) is 8.14. The molecule has 1 heteroatoms. The maximum Gasteiger partial charge on any atom is -0.000847 e. The minimum absolute atomic E-state index is 1.04. The molecule has 12 heavy (non-hydrogen) atoms. The smallest absolute Gasteiger partial charge is 0.000847 e. The largest absolute Gasteiger partial charge is 0.317 e. The van der Waals surface area contributed by atoms with Gasteiger partial charge in [-0.15, -0.1) is 0 Å². The highest BCUT2D eigenvalue weighted by atomic mass is 14.8. The van der Waals surface area contributed by atoms with Crippen LogP contribution in [0.2, 0.25) is 0 Å². The molecule has 68 valence electrons. The Balaban J connectivity index is 3.79. The standard InChI is InChI=1S/C11H19N/c1-4-7-11(8-5-2)9-10-12-6-3/h4-5,7-8,12H,1,6,9-10H2,2-3H3/b8-5-,11-7+. The molecule has 0 spiro atoms. The summed E-state index contributed by atoms with van der Waals surface area (Å²) in [5.74, 6) is 0. The molecule has 0 aromatic carbocycles. The highest BCUT2D eigenvalue weighted by molar-refractivity contribution is 5.22. The highest BCUT2D eigenvalue weighted by Gasteiger charge is 1.89. The van der Waals surface area contributed by atoms with E-state index < -0.39 is 0 Å². The predicted molar refractivity (Wildman–Crippen MR) is 56.3 cm³/mol. The lowest BCUT2D eigenvalue weighted by molar-refractivity contribution is 0.718. The molecule has 0 rings (SSSR count). The van der Waals surface area contributed by atoms with Gasteiger partial charge in [0.05, 0.1) is 0 Å². The summed E-state index contributed by atoms with van der Waals surface area (Å²) < 4.78 is 0. The van der Waals surface area contributed by atoms with Crippen LogP contribution in [0.15, 0.2) is 36.5 Å². The van der Waals surface area contributed by atoms with Crippen LogP contribution in [0.5, 0.6) is 0 Å². The monoisotopic (exact) mass is 165 g/mol. The third-order valence-corrected chi connectivity index (χ3v) is 1.55. The molecule has 0 aliphatic carbocycles. The first kappa shape index (κ1) is 11.2. The van der Waals surface area contributed by atoms with Crippen LogP contribution in [0.25, 0.3) is 0 Å². The topological polar surface area (TPSA) is 12.0 Å². The molecule has 0 aliphatic heterocycles. The summed E-state index contributed by atoms with van der Waals surface area (Å²) in [6.07, 6.45) is 9.14. The van der Waals surface area contributed by atoms with E-state index in [1.807, 2.05) is 13.0 Å². The van der Waals surface area contributed by atoms with Crippen molar-refractivity contribution in [2.75, 3.05) is 13.1 Å². The van der Waals surface area contributed by atoms with Crippen LogP contribution in [0.4, 0.5) is 0 Å². The predicted octanol–water partition coefficient (Wildman–Crippen LogP) is 2.67. The first-order valence-electron chi connectivity index (χ1n) is 4.50. The lowest BCUT2D eigenvalue weighted by Crippen LogP contribution is -2.14. The zero-order valence-corrected chi connectivity index (χ0v) is 8.14. The van der Waals surface area contributed by atoms with Crippen LogP contribution in [0, 0.1) is 0 Å². The van der Waals surface area contributed by atoms with Crippen LogP contribution < -0.4 is 5.32 Å². The molecule has 0 bridgehead atoms. The van der Waals surface area contributed by atoms with Crippen LogP contribution in [0.1, 0.15) is 20.3 Å². The fourth-order valence-corrected chi connectivity index (χ4v) is 0.997. The Bertz CT molecular complexity index is 166. The second-order valence-corrected chi connectivity index (χ2v) is 2.58. The molecular formula is C11H19N. The highest BCUT2D eigenvalue weighted by Crippen LogP contribution is 2.02. The molecule has 0 fully saturated rings. The van der Waals surface area contributed by atoms with Gasteiger partial charge in [-0.25, -0.2) is 0 Å². The molecule has 0 saturated heterocycles. The molecule has 0 saturated carbocycles. The lowest BCUT2D eigenvalue weighted by atomic mass is 10.1. The van der Waals surface area contributed by atoms with Gasteiger partial charge >= 0.3 is 0 Å². The minimum Gasteiger partial charge on any atom is -0.317 e. The number of rotatable bonds is 6. The van der Waals surface area contributed by atoms with E-state index in [4.69, 9.17) is 0 Å². The number of nitrogens with one attached hydrogen (secondary N) is 1. The molecular weight excluding hydrogens is 146 g/mol. The second kappa shape index (κ2) is 8.28. The summed E-state index contributed by atoms with van der Waals surface area (Å²) in [7, 11) is 0. The molecule has 0 amide bonds. The van der Waals surface area contributed by atoms with E-state index in [-0.39, 0.29) is 0 Å². The Morgan fingerprint density at radius 1 is 1.50 bits per heavy atom. The SMILES string of the molecule is C=C/C=C(\C=C/C)CCNCC. The Morgan fingerprint density at radius 3 is 2.75 bits per heavy atom. The molecule has 1 nitrogen and oxygen atoms in total. The van der Waals surface area contributed by atoms with Gasteiger partial charge in [0, 0.05) is 0 Å². The molecule has 0 aromatic heterocycles. The molecule has 0 radical (unpaired) electrons. The van der Waals surface area contributed by atoms with Crippen molar-refractivity contribution >= 4 is 0 Å². The third kappa shape index (κ3) is 5.93. The van der Waals surface area contributed by atoms with Crippen molar-refractivity contribution in [2.45, 2.75) is 20.3 Å². The normalized spacial score (nSPS) is 12.3. The summed E-state index contributed by atoms with van der Waals surface area (Å²) in [5.41, 5.74) is 1.33. The Hall–Kier alpha value is -0.820.